The molecule has 0 saturated carbocycles. The highest BCUT2D eigenvalue weighted by atomic mass is 32.1. The average Bonchev–Trinajstić information content (AvgIpc) is 3.34. The van der Waals surface area contributed by atoms with Crippen LogP contribution in [0.1, 0.15) is 15.9 Å². The van der Waals surface area contributed by atoms with Gasteiger partial charge >= 0.3 is 0 Å². The number of nitrogens with zero attached hydrogens (tertiary/aromatic N) is 2. The fraction of sp³-hybridized carbons (Fsp3) is 0.0476. The molecule has 2 aromatic carbocycles. The van der Waals surface area contributed by atoms with Gasteiger partial charge in [0.1, 0.15) is 11.5 Å². The van der Waals surface area contributed by atoms with Gasteiger partial charge in [0.15, 0.2) is 0 Å². The number of aromatic nitrogens is 2. The van der Waals surface area contributed by atoms with Crippen molar-refractivity contribution in [3.8, 4) is 16.3 Å². The van der Waals surface area contributed by atoms with Gasteiger partial charge in [-0.1, -0.05) is 30.3 Å². The van der Waals surface area contributed by atoms with E-state index in [1.807, 2.05) is 47.8 Å². The first kappa shape index (κ1) is 17.2. The fourth-order valence-electron chi connectivity index (χ4n) is 2.76. The molecule has 0 aliphatic carbocycles. The number of thiophene rings is 1. The number of rotatable bonds is 4. The summed E-state index contributed by atoms with van der Waals surface area (Å²) in [6.45, 7) is 1.80. The predicted molar refractivity (Wildman–Crippen MR) is 106 cm³/mol. The van der Waals surface area contributed by atoms with Crippen molar-refractivity contribution in [3.63, 3.8) is 0 Å². The molecule has 0 saturated heterocycles. The Kier molecular flexibility index (Phi) is 4.56. The molecular formula is C21H16FN3OS. The van der Waals surface area contributed by atoms with Crippen molar-refractivity contribution in [2.45, 2.75) is 6.92 Å². The second kappa shape index (κ2) is 7.17. The molecule has 0 radical (unpaired) electrons. The van der Waals surface area contributed by atoms with Crippen LogP contribution in [0.15, 0.2) is 72.2 Å². The Balaban J connectivity index is 1.74. The highest BCUT2D eigenvalue weighted by molar-refractivity contribution is 7.13. The smallest absolute Gasteiger partial charge is 0.259 e. The maximum atomic E-state index is 14.1. The van der Waals surface area contributed by atoms with Gasteiger partial charge in [0.25, 0.3) is 5.91 Å². The van der Waals surface area contributed by atoms with Gasteiger partial charge in [0, 0.05) is 6.20 Å². The standard InChI is InChI=1S/C21H16FN3OS/c1-14-9-10-18(17(22)12-14)23-21(26)16-13-25(15-6-3-2-4-7-15)24-20(16)19-8-5-11-27-19/h2-13H,1H3,(H,23,26). The van der Waals surface area contributed by atoms with Gasteiger partial charge in [-0.2, -0.15) is 5.10 Å². The SMILES string of the molecule is Cc1ccc(NC(=O)c2cn(-c3ccccc3)nc2-c2cccs2)c(F)c1. The van der Waals surface area contributed by atoms with Gasteiger partial charge in [0.05, 0.1) is 21.8 Å². The molecule has 1 amide bonds. The van der Waals surface area contributed by atoms with Gasteiger partial charge in [-0.3, -0.25) is 4.79 Å². The van der Waals surface area contributed by atoms with Crippen molar-refractivity contribution in [2.75, 3.05) is 5.32 Å². The topological polar surface area (TPSA) is 46.9 Å². The number of anilines is 1. The molecule has 0 aliphatic rings. The van der Waals surface area contributed by atoms with Crippen LogP contribution in [-0.4, -0.2) is 15.7 Å². The van der Waals surface area contributed by atoms with Crippen LogP contribution < -0.4 is 5.32 Å². The third-order valence-electron chi connectivity index (χ3n) is 4.11. The molecule has 4 aromatic rings. The fourth-order valence-corrected chi connectivity index (χ4v) is 3.48. The van der Waals surface area contributed by atoms with E-state index in [2.05, 4.69) is 10.4 Å². The summed E-state index contributed by atoms with van der Waals surface area (Å²) in [6.07, 6.45) is 1.67. The number of amides is 1. The molecular weight excluding hydrogens is 361 g/mol. The number of carbonyl (C=O) groups is 1. The van der Waals surface area contributed by atoms with Crippen molar-refractivity contribution in [2.24, 2.45) is 0 Å². The van der Waals surface area contributed by atoms with E-state index in [9.17, 15) is 9.18 Å². The molecule has 134 valence electrons. The summed E-state index contributed by atoms with van der Waals surface area (Å²) >= 11 is 1.50. The molecule has 27 heavy (non-hydrogen) atoms. The predicted octanol–water partition coefficient (Wildman–Crippen LogP) is 5.30. The van der Waals surface area contributed by atoms with E-state index in [1.165, 1.54) is 17.4 Å². The van der Waals surface area contributed by atoms with Crippen LogP contribution in [-0.2, 0) is 0 Å². The van der Waals surface area contributed by atoms with Crippen molar-refractivity contribution < 1.29 is 9.18 Å². The maximum absolute atomic E-state index is 14.1. The molecule has 1 N–H and O–H groups in total. The lowest BCUT2D eigenvalue weighted by molar-refractivity contribution is 0.102. The van der Waals surface area contributed by atoms with E-state index < -0.39 is 11.7 Å². The van der Waals surface area contributed by atoms with Gasteiger partial charge in [-0.25, -0.2) is 9.07 Å². The van der Waals surface area contributed by atoms with Crippen LogP contribution in [0.25, 0.3) is 16.3 Å². The van der Waals surface area contributed by atoms with Crippen LogP contribution in [0.2, 0.25) is 0 Å². The minimum atomic E-state index is -0.462. The van der Waals surface area contributed by atoms with Crippen LogP contribution in [0.5, 0.6) is 0 Å². The molecule has 6 heteroatoms. The summed E-state index contributed by atoms with van der Waals surface area (Å²) < 4.78 is 15.8. The van der Waals surface area contributed by atoms with E-state index in [0.717, 1.165) is 16.1 Å². The summed E-state index contributed by atoms with van der Waals surface area (Å²) in [6, 6.07) is 18.1. The zero-order chi connectivity index (χ0) is 18.8. The van der Waals surface area contributed by atoms with Gasteiger partial charge in [-0.15, -0.1) is 11.3 Å². The van der Waals surface area contributed by atoms with Crippen LogP contribution in [0.3, 0.4) is 0 Å². The molecule has 0 aliphatic heterocycles. The zero-order valence-corrected chi connectivity index (χ0v) is 15.3. The van der Waals surface area contributed by atoms with Crippen molar-refractivity contribution >= 4 is 22.9 Å². The lowest BCUT2D eigenvalue weighted by atomic mass is 10.2. The third-order valence-corrected chi connectivity index (χ3v) is 4.98. The Bertz CT molecular complexity index is 1090. The molecule has 0 spiro atoms. The molecule has 2 heterocycles. The maximum Gasteiger partial charge on any atom is 0.259 e. The first-order valence-corrected chi connectivity index (χ1v) is 9.26. The van der Waals surface area contributed by atoms with Crippen molar-refractivity contribution in [1.29, 1.82) is 0 Å². The Morgan fingerprint density at radius 1 is 1.11 bits per heavy atom. The molecule has 0 bridgehead atoms. The van der Waals surface area contributed by atoms with Gasteiger partial charge in [0.2, 0.25) is 0 Å². The van der Waals surface area contributed by atoms with E-state index in [0.29, 0.717) is 11.3 Å². The third kappa shape index (κ3) is 3.52. The van der Waals surface area contributed by atoms with E-state index >= 15 is 0 Å². The number of nitrogens with one attached hydrogen (secondary N) is 1. The van der Waals surface area contributed by atoms with Gasteiger partial charge in [-0.05, 0) is 48.2 Å². The van der Waals surface area contributed by atoms with E-state index in [-0.39, 0.29) is 5.69 Å². The number of halogens is 1. The molecule has 0 unspecified atom stereocenters. The molecule has 4 rings (SSSR count). The number of hydrogen-bond acceptors (Lipinski definition) is 3. The minimum Gasteiger partial charge on any atom is -0.319 e. The lowest BCUT2D eigenvalue weighted by Gasteiger charge is -2.06. The molecule has 0 fully saturated rings. The average molecular weight is 377 g/mol. The Hall–Kier alpha value is -3.25. The molecule has 0 atom stereocenters. The summed E-state index contributed by atoms with van der Waals surface area (Å²) in [5, 5.41) is 9.18. The van der Waals surface area contributed by atoms with Crippen molar-refractivity contribution in [3.05, 3.63) is 89.2 Å². The number of carbonyl (C=O) groups excluding carboxylic acids is 1. The Labute approximate surface area is 159 Å². The largest absolute Gasteiger partial charge is 0.319 e. The first-order chi connectivity index (χ1) is 13.1. The minimum absolute atomic E-state index is 0.148. The van der Waals surface area contributed by atoms with Crippen molar-refractivity contribution in [1.82, 2.24) is 9.78 Å². The molecule has 2 aromatic heterocycles. The first-order valence-electron chi connectivity index (χ1n) is 8.38. The summed E-state index contributed by atoms with van der Waals surface area (Å²) in [4.78, 5) is 13.8. The van der Waals surface area contributed by atoms with Crippen LogP contribution in [0.4, 0.5) is 10.1 Å². The Morgan fingerprint density at radius 2 is 1.93 bits per heavy atom. The number of hydrogen-bond donors (Lipinski definition) is 1. The number of aryl methyl sites for hydroxylation is 1. The summed E-state index contributed by atoms with van der Waals surface area (Å²) in [5.74, 6) is -0.861. The second-order valence-corrected chi connectivity index (χ2v) is 7.03. The normalized spacial score (nSPS) is 10.7. The lowest BCUT2D eigenvalue weighted by Crippen LogP contribution is -2.13. The number of para-hydroxylation sites is 1. The van der Waals surface area contributed by atoms with Crippen LogP contribution in [0, 0.1) is 12.7 Å². The zero-order valence-electron chi connectivity index (χ0n) is 14.5. The highest BCUT2D eigenvalue weighted by Crippen LogP contribution is 2.28. The quantitative estimate of drug-likeness (QED) is 0.524. The van der Waals surface area contributed by atoms with E-state index in [1.54, 1.807) is 29.9 Å². The van der Waals surface area contributed by atoms with Crippen LogP contribution >= 0.6 is 11.3 Å². The molecule has 4 nitrogen and oxygen atoms in total. The van der Waals surface area contributed by atoms with Gasteiger partial charge < -0.3 is 5.32 Å². The summed E-state index contributed by atoms with van der Waals surface area (Å²) in [5.41, 5.74) is 2.74. The second-order valence-electron chi connectivity index (χ2n) is 6.09. The van der Waals surface area contributed by atoms with E-state index in [4.69, 9.17) is 0 Å². The highest BCUT2D eigenvalue weighted by Gasteiger charge is 2.20. The monoisotopic (exact) mass is 377 g/mol. The Morgan fingerprint density at radius 3 is 2.63 bits per heavy atom. The number of benzene rings is 2. The summed E-state index contributed by atoms with van der Waals surface area (Å²) in [7, 11) is 0.